The molecule has 1 aromatic heterocycles. The van der Waals surface area contributed by atoms with Gasteiger partial charge in [-0.25, -0.2) is 9.97 Å². The van der Waals surface area contributed by atoms with Crippen molar-refractivity contribution < 1.29 is 9.90 Å². The molecule has 1 aliphatic carbocycles. The van der Waals surface area contributed by atoms with E-state index in [4.69, 9.17) is 0 Å². The molecule has 22 heavy (non-hydrogen) atoms. The van der Waals surface area contributed by atoms with Crippen LogP contribution < -0.4 is 5.32 Å². The monoisotopic (exact) mass is 304 g/mol. The minimum Gasteiger partial charge on any atom is -0.389 e. The summed E-state index contributed by atoms with van der Waals surface area (Å²) < 4.78 is 0. The van der Waals surface area contributed by atoms with E-state index >= 15 is 0 Å². The van der Waals surface area contributed by atoms with Gasteiger partial charge in [-0.1, -0.05) is 0 Å². The predicted octanol–water partition coefficient (Wildman–Crippen LogP) is 0.893. The van der Waals surface area contributed by atoms with Crippen molar-refractivity contribution in [2.75, 3.05) is 13.1 Å². The number of carbonyl (C=O) groups is 1. The first kappa shape index (κ1) is 15.4. The SMILES string of the molecule is Cc1ncc(C(=O)N[C@@H]2CCC[C@@H](N3CCCC3)[C@@H]2O)cn1. The molecule has 6 nitrogen and oxygen atoms in total. The molecule has 2 fully saturated rings. The van der Waals surface area contributed by atoms with Crippen molar-refractivity contribution in [2.24, 2.45) is 0 Å². The maximum Gasteiger partial charge on any atom is 0.254 e. The number of aliphatic hydroxyl groups excluding tert-OH is 1. The van der Waals surface area contributed by atoms with Gasteiger partial charge >= 0.3 is 0 Å². The lowest BCUT2D eigenvalue weighted by molar-refractivity contribution is 0.00703. The smallest absolute Gasteiger partial charge is 0.254 e. The second-order valence-corrected chi connectivity index (χ2v) is 6.33. The minimum atomic E-state index is -0.498. The summed E-state index contributed by atoms with van der Waals surface area (Å²) in [5.74, 6) is 0.439. The molecule has 0 radical (unpaired) electrons. The van der Waals surface area contributed by atoms with Gasteiger partial charge in [-0.15, -0.1) is 0 Å². The summed E-state index contributed by atoms with van der Waals surface area (Å²) in [6, 6.07) is -0.0102. The normalized spacial score (nSPS) is 29.5. The summed E-state index contributed by atoms with van der Waals surface area (Å²) in [5, 5.41) is 13.6. The van der Waals surface area contributed by atoms with E-state index in [1.807, 2.05) is 0 Å². The number of hydrogen-bond acceptors (Lipinski definition) is 5. The average molecular weight is 304 g/mol. The van der Waals surface area contributed by atoms with Crippen LogP contribution in [0.5, 0.6) is 0 Å². The van der Waals surface area contributed by atoms with Gasteiger partial charge in [0.15, 0.2) is 0 Å². The molecule has 1 aromatic rings. The fourth-order valence-corrected chi connectivity index (χ4v) is 3.55. The zero-order chi connectivity index (χ0) is 15.5. The molecule has 3 rings (SSSR count). The van der Waals surface area contributed by atoms with Crippen LogP contribution >= 0.6 is 0 Å². The number of likely N-dealkylation sites (tertiary alicyclic amines) is 1. The zero-order valence-corrected chi connectivity index (χ0v) is 13.0. The molecule has 2 heterocycles. The Morgan fingerprint density at radius 3 is 2.59 bits per heavy atom. The second kappa shape index (κ2) is 6.71. The Morgan fingerprint density at radius 1 is 1.23 bits per heavy atom. The summed E-state index contributed by atoms with van der Waals surface area (Å²) in [4.78, 5) is 22.8. The summed E-state index contributed by atoms with van der Waals surface area (Å²) in [7, 11) is 0. The van der Waals surface area contributed by atoms with Crippen LogP contribution in [0, 0.1) is 6.92 Å². The van der Waals surface area contributed by atoms with E-state index in [0.717, 1.165) is 32.4 Å². The summed E-state index contributed by atoms with van der Waals surface area (Å²) in [6.45, 7) is 3.91. The van der Waals surface area contributed by atoms with E-state index in [9.17, 15) is 9.90 Å². The van der Waals surface area contributed by atoms with Gasteiger partial charge in [0.1, 0.15) is 5.82 Å². The van der Waals surface area contributed by atoms with Crippen LogP contribution in [-0.2, 0) is 0 Å². The number of aromatic nitrogens is 2. The maximum absolute atomic E-state index is 12.3. The largest absolute Gasteiger partial charge is 0.389 e. The fraction of sp³-hybridized carbons (Fsp3) is 0.688. The third-order valence-corrected chi connectivity index (χ3v) is 4.79. The van der Waals surface area contributed by atoms with Gasteiger partial charge in [0, 0.05) is 18.4 Å². The Labute approximate surface area is 131 Å². The van der Waals surface area contributed by atoms with E-state index in [1.165, 1.54) is 25.2 Å². The van der Waals surface area contributed by atoms with E-state index in [-0.39, 0.29) is 18.0 Å². The van der Waals surface area contributed by atoms with E-state index in [0.29, 0.717) is 11.4 Å². The molecule has 1 saturated heterocycles. The molecule has 1 aliphatic heterocycles. The van der Waals surface area contributed by atoms with Crippen molar-refractivity contribution in [2.45, 2.75) is 57.2 Å². The van der Waals surface area contributed by atoms with Crippen LogP contribution in [0.3, 0.4) is 0 Å². The van der Waals surface area contributed by atoms with E-state index < -0.39 is 6.10 Å². The lowest BCUT2D eigenvalue weighted by Crippen LogP contribution is -2.56. The Hall–Kier alpha value is -1.53. The van der Waals surface area contributed by atoms with Crippen molar-refractivity contribution in [3.05, 3.63) is 23.8 Å². The molecular formula is C16H24N4O2. The topological polar surface area (TPSA) is 78.4 Å². The highest BCUT2D eigenvalue weighted by Gasteiger charge is 2.37. The first-order valence-corrected chi connectivity index (χ1v) is 8.17. The van der Waals surface area contributed by atoms with Gasteiger partial charge < -0.3 is 10.4 Å². The standard InChI is InChI=1S/C16H24N4O2/c1-11-17-9-12(10-18-11)16(22)19-13-5-4-6-14(15(13)21)20-7-2-3-8-20/h9-10,13-15,21H,2-8H2,1H3,(H,19,22)/t13-,14-,15-/m1/s1. The van der Waals surface area contributed by atoms with Gasteiger partial charge in [-0.2, -0.15) is 0 Å². The fourth-order valence-electron chi connectivity index (χ4n) is 3.55. The molecule has 6 heteroatoms. The van der Waals surface area contributed by atoms with Crippen LogP contribution in [0.2, 0.25) is 0 Å². The number of aryl methyl sites for hydroxylation is 1. The highest BCUT2D eigenvalue weighted by molar-refractivity contribution is 5.93. The molecule has 120 valence electrons. The van der Waals surface area contributed by atoms with Gasteiger partial charge in [-0.05, 0) is 52.1 Å². The van der Waals surface area contributed by atoms with E-state index in [2.05, 4.69) is 20.2 Å². The summed E-state index contributed by atoms with van der Waals surface area (Å²) in [6.07, 6.45) is 7.86. The average Bonchev–Trinajstić information content (AvgIpc) is 3.04. The third-order valence-electron chi connectivity index (χ3n) is 4.79. The maximum atomic E-state index is 12.3. The highest BCUT2D eigenvalue weighted by Crippen LogP contribution is 2.26. The molecule has 2 aliphatic rings. The Bertz CT molecular complexity index is 513. The molecule has 0 spiro atoms. The number of hydrogen-bond donors (Lipinski definition) is 2. The second-order valence-electron chi connectivity index (χ2n) is 6.33. The Balaban J connectivity index is 1.63. The van der Waals surface area contributed by atoms with Crippen LogP contribution in [0.25, 0.3) is 0 Å². The van der Waals surface area contributed by atoms with Crippen molar-refractivity contribution >= 4 is 5.91 Å². The minimum absolute atomic E-state index is 0.177. The molecule has 0 aromatic carbocycles. The number of amides is 1. The molecule has 3 atom stereocenters. The quantitative estimate of drug-likeness (QED) is 0.867. The van der Waals surface area contributed by atoms with Crippen LogP contribution in [0.1, 0.15) is 48.3 Å². The Kier molecular flexibility index (Phi) is 4.69. The van der Waals surface area contributed by atoms with Gasteiger partial charge in [0.25, 0.3) is 5.91 Å². The predicted molar refractivity (Wildman–Crippen MR) is 82.5 cm³/mol. The van der Waals surface area contributed by atoms with Gasteiger partial charge in [0.2, 0.25) is 0 Å². The zero-order valence-electron chi connectivity index (χ0n) is 13.0. The number of aliphatic hydroxyl groups is 1. The van der Waals surface area contributed by atoms with Crippen LogP contribution in [-0.4, -0.2) is 57.2 Å². The third kappa shape index (κ3) is 3.28. The van der Waals surface area contributed by atoms with Gasteiger partial charge in [-0.3, -0.25) is 9.69 Å². The van der Waals surface area contributed by atoms with Crippen molar-refractivity contribution in [3.8, 4) is 0 Å². The first-order chi connectivity index (χ1) is 10.6. The number of rotatable bonds is 3. The molecule has 0 bridgehead atoms. The molecule has 2 N–H and O–H groups in total. The number of carbonyl (C=O) groups excluding carboxylic acids is 1. The summed E-state index contributed by atoms with van der Waals surface area (Å²) >= 11 is 0. The van der Waals surface area contributed by atoms with Crippen LogP contribution in [0.4, 0.5) is 0 Å². The number of nitrogens with zero attached hydrogens (tertiary/aromatic N) is 3. The highest BCUT2D eigenvalue weighted by atomic mass is 16.3. The molecule has 1 saturated carbocycles. The van der Waals surface area contributed by atoms with Crippen LogP contribution in [0.15, 0.2) is 12.4 Å². The van der Waals surface area contributed by atoms with Crippen molar-refractivity contribution in [1.82, 2.24) is 20.2 Å². The lowest BCUT2D eigenvalue weighted by Gasteiger charge is -2.40. The van der Waals surface area contributed by atoms with Crippen molar-refractivity contribution in [3.63, 3.8) is 0 Å². The molecule has 0 unspecified atom stereocenters. The lowest BCUT2D eigenvalue weighted by atomic mass is 9.87. The molecular weight excluding hydrogens is 280 g/mol. The van der Waals surface area contributed by atoms with Gasteiger partial charge in [0.05, 0.1) is 17.7 Å². The first-order valence-electron chi connectivity index (χ1n) is 8.17. The Morgan fingerprint density at radius 2 is 1.91 bits per heavy atom. The van der Waals surface area contributed by atoms with Crippen molar-refractivity contribution in [1.29, 1.82) is 0 Å². The van der Waals surface area contributed by atoms with E-state index in [1.54, 1.807) is 6.92 Å². The molecule has 1 amide bonds. The number of nitrogens with one attached hydrogen (secondary N) is 1. The summed E-state index contributed by atoms with van der Waals surface area (Å²) in [5.41, 5.74) is 0.445.